The maximum Gasteiger partial charge on any atom is 0.0619 e. The lowest BCUT2D eigenvalue weighted by molar-refractivity contribution is 0.660. The van der Waals surface area contributed by atoms with E-state index in [2.05, 4.69) is 278 Å². The Kier molecular flexibility index (Phi) is 9.55. The molecule has 1 aliphatic rings. The Morgan fingerprint density at radius 3 is 1.75 bits per heavy atom. The lowest BCUT2D eigenvalue weighted by atomic mass is 9.82. The first-order valence-electron chi connectivity index (χ1n) is 24.0. The fourth-order valence-electron chi connectivity index (χ4n) is 11.4. The number of para-hydroxylation sites is 4. The monoisotopic (exact) mass is 880 g/mol. The number of hydrogen-bond donors (Lipinski definition) is 0. The molecule has 0 fully saturated rings. The van der Waals surface area contributed by atoms with Crippen molar-refractivity contribution >= 4 is 49.6 Å². The fraction of sp³-hybridized carbons (Fsp3) is 0.0448. The quantitative estimate of drug-likeness (QED) is 0.148. The summed E-state index contributed by atoms with van der Waals surface area (Å²) in [4.78, 5) is 2.47. The van der Waals surface area contributed by atoms with Gasteiger partial charge in [0.1, 0.15) is 0 Å². The third-order valence-electron chi connectivity index (χ3n) is 14.6. The largest absolute Gasteiger partial charge is 0.310 e. The zero-order chi connectivity index (χ0) is 46.1. The lowest BCUT2D eigenvalue weighted by Crippen LogP contribution is -2.14. The first kappa shape index (κ1) is 40.5. The van der Waals surface area contributed by atoms with Crippen LogP contribution < -0.4 is 4.90 Å². The summed E-state index contributed by atoms with van der Waals surface area (Å²) in [6.45, 7) is 4.71. The van der Waals surface area contributed by atoms with E-state index in [0.717, 1.165) is 33.9 Å². The molecule has 1 aromatic heterocycles. The highest BCUT2D eigenvalue weighted by Crippen LogP contribution is 2.53. The van der Waals surface area contributed by atoms with E-state index in [9.17, 15) is 0 Å². The number of nitrogens with zero attached hydrogens (tertiary/aromatic N) is 2. The number of anilines is 3. The van der Waals surface area contributed by atoms with Gasteiger partial charge in [-0.05, 0) is 115 Å². The second-order valence-corrected chi connectivity index (χ2v) is 18.8. The third kappa shape index (κ3) is 6.55. The van der Waals surface area contributed by atoms with Crippen LogP contribution in [0.25, 0.3) is 93.9 Å². The molecule has 1 heterocycles. The lowest BCUT2D eigenvalue weighted by Gasteiger charge is -2.29. The zero-order valence-electron chi connectivity index (χ0n) is 38.6. The molecule has 69 heavy (non-hydrogen) atoms. The van der Waals surface area contributed by atoms with Crippen LogP contribution in [0, 0.1) is 0 Å². The van der Waals surface area contributed by atoms with E-state index in [4.69, 9.17) is 0 Å². The van der Waals surface area contributed by atoms with Crippen molar-refractivity contribution in [3.63, 3.8) is 0 Å². The van der Waals surface area contributed by atoms with Crippen LogP contribution in [-0.4, -0.2) is 4.57 Å². The molecule has 0 saturated carbocycles. The van der Waals surface area contributed by atoms with Crippen LogP contribution in [0.4, 0.5) is 17.1 Å². The van der Waals surface area contributed by atoms with Gasteiger partial charge in [0, 0.05) is 44.4 Å². The molecule has 13 rings (SSSR count). The second-order valence-electron chi connectivity index (χ2n) is 18.8. The van der Waals surface area contributed by atoms with Crippen LogP contribution in [0.2, 0.25) is 0 Å². The van der Waals surface area contributed by atoms with E-state index in [1.54, 1.807) is 0 Å². The maximum atomic E-state index is 2.47. The van der Waals surface area contributed by atoms with Gasteiger partial charge in [0.05, 0.1) is 16.7 Å². The Morgan fingerprint density at radius 1 is 0.362 bits per heavy atom. The zero-order valence-corrected chi connectivity index (χ0v) is 38.6. The Morgan fingerprint density at radius 2 is 0.928 bits per heavy atom. The first-order chi connectivity index (χ1) is 34.0. The fourth-order valence-corrected chi connectivity index (χ4v) is 11.4. The Hall–Kier alpha value is -8.72. The molecule has 2 nitrogen and oxygen atoms in total. The van der Waals surface area contributed by atoms with Crippen LogP contribution >= 0.6 is 0 Å². The number of benzene rings is 11. The third-order valence-corrected chi connectivity index (χ3v) is 14.6. The predicted octanol–water partition coefficient (Wildman–Crippen LogP) is 18.4. The topological polar surface area (TPSA) is 8.17 Å². The molecule has 0 amide bonds. The molecule has 0 atom stereocenters. The predicted molar refractivity (Wildman–Crippen MR) is 292 cm³/mol. The Bertz CT molecular complexity index is 3910. The van der Waals surface area contributed by atoms with Gasteiger partial charge >= 0.3 is 0 Å². The molecule has 0 unspecified atom stereocenters. The molecule has 0 bridgehead atoms. The maximum absolute atomic E-state index is 2.47. The summed E-state index contributed by atoms with van der Waals surface area (Å²) in [5.74, 6) is 0. The standard InChI is InChI=1S/C67H48N2/c1-67(2)60-36-12-9-30-59(60)65-53(32-19-37-61(65)67)46-40-42-50(43-41-46)68(62-38-13-10-28-55(62)57-34-17-23-47-22-16-31-52(64(47)57)45-20-5-3-6-21-45)51-27-15-24-48(44-51)54-33-18-35-58-56-29-11-14-39-63(56)69(66(54)58)49-25-7-4-8-26-49/h3-44H,1-2H3. The summed E-state index contributed by atoms with van der Waals surface area (Å²) in [6.07, 6.45) is 0. The number of rotatable bonds is 8. The second kappa shape index (κ2) is 16.3. The molecule has 12 aromatic rings. The molecule has 0 radical (unpaired) electrons. The molecule has 0 saturated heterocycles. The SMILES string of the molecule is CC1(C)c2ccccc2-c2c(-c3ccc(N(c4cccc(-c5cccc6c7ccccc7n(-c7ccccc7)c56)c4)c4ccccc4-c4cccc5cccc(-c6ccccc6)c45)cc3)cccc21. The van der Waals surface area contributed by atoms with Gasteiger partial charge in [-0.1, -0.05) is 220 Å². The van der Waals surface area contributed by atoms with Gasteiger partial charge in [-0.3, -0.25) is 0 Å². The molecule has 1 aliphatic carbocycles. The van der Waals surface area contributed by atoms with Gasteiger partial charge in [-0.2, -0.15) is 0 Å². The van der Waals surface area contributed by atoms with Gasteiger partial charge in [-0.25, -0.2) is 0 Å². The van der Waals surface area contributed by atoms with E-state index >= 15 is 0 Å². The van der Waals surface area contributed by atoms with Crippen LogP contribution in [0.1, 0.15) is 25.0 Å². The van der Waals surface area contributed by atoms with Gasteiger partial charge in [0.15, 0.2) is 0 Å². The normalized spacial score (nSPS) is 12.6. The van der Waals surface area contributed by atoms with Gasteiger partial charge < -0.3 is 9.47 Å². The van der Waals surface area contributed by atoms with Gasteiger partial charge in [0.25, 0.3) is 0 Å². The van der Waals surface area contributed by atoms with Crippen molar-refractivity contribution in [3.05, 3.63) is 266 Å². The molecular weight excluding hydrogens is 833 g/mol. The average Bonchev–Trinajstić information content (AvgIpc) is 3.88. The molecule has 11 aromatic carbocycles. The first-order valence-corrected chi connectivity index (χ1v) is 24.0. The van der Waals surface area contributed by atoms with Crippen molar-refractivity contribution in [2.75, 3.05) is 4.90 Å². The highest BCUT2D eigenvalue weighted by Gasteiger charge is 2.36. The molecule has 326 valence electrons. The number of aromatic nitrogens is 1. The molecule has 0 N–H and O–H groups in total. The highest BCUT2D eigenvalue weighted by molar-refractivity contribution is 6.14. The molecular formula is C67H48N2. The summed E-state index contributed by atoms with van der Waals surface area (Å²) in [7, 11) is 0. The molecule has 0 spiro atoms. The molecule has 2 heteroatoms. The smallest absolute Gasteiger partial charge is 0.0619 e. The highest BCUT2D eigenvalue weighted by atomic mass is 15.1. The summed E-state index contributed by atoms with van der Waals surface area (Å²) in [5.41, 5.74) is 21.7. The minimum atomic E-state index is -0.0742. The van der Waals surface area contributed by atoms with Gasteiger partial charge in [0.2, 0.25) is 0 Å². The Balaban J connectivity index is 1.03. The Labute approximate surface area is 403 Å². The minimum absolute atomic E-state index is 0.0742. The average molecular weight is 881 g/mol. The number of fused-ring (bicyclic) bond motifs is 7. The van der Waals surface area contributed by atoms with Crippen molar-refractivity contribution in [2.24, 2.45) is 0 Å². The van der Waals surface area contributed by atoms with Crippen LogP contribution in [0.15, 0.2) is 255 Å². The van der Waals surface area contributed by atoms with E-state index in [1.807, 2.05) is 0 Å². The van der Waals surface area contributed by atoms with Gasteiger partial charge in [-0.15, -0.1) is 0 Å². The number of hydrogen-bond acceptors (Lipinski definition) is 1. The van der Waals surface area contributed by atoms with Crippen LogP contribution in [0.5, 0.6) is 0 Å². The molecule has 0 aliphatic heterocycles. The van der Waals surface area contributed by atoms with Crippen molar-refractivity contribution in [3.8, 4) is 61.3 Å². The van der Waals surface area contributed by atoms with Crippen molar-refractivity contribution in [1.29, 1.82) is 0 Å². The van der Waals surface area contributed by atoms with Crippen molar-refractivity contribution < 1.29 is 0 Å². The summed E-state index contributed by atoms with van der Waals surface area (Å²) >= 11 is 0. The van der Waals surface area contributed by atoms with Crippen LogP contribution in [0.3, 0.4) is 0 Å². The van der Waals surface area contributed by atoms with Crippen molar-refractivity contribution in [2.45, 2.75) is 19.3 Å². The summed E-state index contributed by atoms with van der Waals surface area (Å²) in [6, 6.07) is 93.7. The van der Waals surface area contributed by atoms with E-state index in [-0.39, 0.29) is 5.41 Å². The van der Waals surface area contributed by atoms with E-state index in [1.165, 1.54) is 88.2 Å². The van der Waals surface area contributed by atoms with E-state index < -0.39 is 0 Å². The van der Waals surface area contributed by atoms with Crippen molar-refractivity contribution in [1.82, 2.24) is 4.57 Å². The van der Waals surface area contributed by atoms with E-state index in [0.29, 0.717) is 0 Å². The summed E-state index contributed by atoms with van der Waals surface area (Å²) < 4.78 is 2.43. The van der Waals surface area contributed by atoms with Crippen LogP contribution in [-0.2, 0) is 5.41 Å². The minimum Gasteiger partial charge on any atom is -0.310 e. The summed E-state index contributed by atoms with van der Waals surface area (Å²) in [5, 5.41) is 4.93.